The lowest BCUT2D eigenvalue weighted by Crippen LogP contribution is -2.28. The molecule has 4 rings (SSSR count). The average Bonchev–Trinajstić information content (AvgIpc) is 3.28. The molecule has 0 spiro atoms. The Kier molecular flexibility index (Phi) is 9.84. The zero-order valence-electron chi connectivity index (χ0n) is 22.4. The SMILES string of the molecule is Cc1cn(CC(=O)NCCCCCCNC(=O)/C=C/c2ccc(C(=O)c3ccccc3)cc2)c2ccccc12. The first-order valence-corrected chi connectivity index (χ1v) is 13.5. The molecule has 0 atom stereocenters. The van der Waals surface area contributed by atoms with E-state index in [4.69, 9.17) is 0 Å². The largest absolute Gasteiger partial charge is 0.355 e. The molecule has 1 heterocycles. The van der Waals surface area contributed by atoms with Crippen molar-refractivity contribution in [2.75, 3.05) is 13.1 Å². The Hall–Kier alpha value is -4.45. The third-order valence-electron chi connectivity index (χ3n) is 6.66. The molecule has 0 radical (unpaired) electrons. The van der Waals surface area contributed by atoms with Gasteiger partial charge in [0.05, 0.1) is 0 Å². The van der Waals surface area contributed by atoms with Crippen LogP contribution in [-0.4, -0.2) is 35.3 Å². The van der Waals surface area contributed by atoms with Crippen LogP contribution in [0.1, 0.15) is 52.7 Å². The third kappa shape index (κ3) is 8.01. The highest BCUT2D eigenvalue weighted by Gasteiger charge is 2.09. The van der Waals surface area contributed by atoms with E-state index < -0.39 is 0 Å². The number of unbranched alkanes of at least 4 members (excludes halogenated alkanes) is 3. The lowest BCUT2D eigenvalue weighted by atomic mass is 10.0. The summed E-state index contributed by atoms with van der Waals surface area (Å²) in [6.45, 7) is 3.65. The standard InChI is InChI=1S/C33H35N3O3/c1-25-23-36(30-14-8-7-13-29(25)30)24-32(38)35-22-10-3-2-9-21-34-31(37)20-17-26-15-18-28(19-16-26)33(39)27-11-5-4-6-12-27/h4-8,11-20,23H,2-3,9-10,21-22,24H2,1H3,(H,34,37)(H,35,38)/b20-17+. The summed E-state index contributed by atoms with van der Waals surface area (Å²) in [5, 5.41) is 7.09. The zero-order chi connectivity index (χ0) is 27.5. The number of ketones is 1. The number of fused-ring (bicyclic) bond motifs is 1. The van der Waals surface area contributed by atoms with Gasteiger partial charge in [-0.2, -0.15) is 0 Å². The Balaban J connectivity index is 1.07. The molecule has 6 nitrogen and oxygen atoms in total. The summed E-state index contributed by atoms with van der Waals surface area (Å²) in [6, 6.07) is 24.5. The smallest absolute Gasteiger partial charge is 0.243 e. The molecule has 0 bridgehead atoms. The van der Waals surface area contributed by atoms with E-state index in [2.05, 4.69) is 23.6 Å². The number of hydrogen-bond acceptors (Lipinski definition) is 3. The van der Waals surface area contributed by atoms with Crippen LogP contribution >= 0.6 is 0 Å². The van der Waals surface area contributed by atoms with Crippen LogP contribution in [0.4, 0.5) is 0 Å². The highest BCUT2D eigenvalue weighted by atomic mass is 16.2. The molecule has 0 aliphatic heterocycles. The fraction of sp³-hybridized carbons (Fsp3) is 0.242. The van der Waals surface area contributed by atoms with Crippen molar-refractivity contribution in [2.45, 2.75) is 39.2 Å². The van der Waals surface area contributed by atoms with Crippen LogP contribution < -0.4 is 10.6 Å². The minimum Gasteiger partial charge on any atom is -0.355 e. The van der Waals surface area contributed by atoms with Gasteiger partial charge in [0.25, 0.3) is 0 Å². The van der Waals surface area contributed by atoms with Crippen molar-refractivity contribution in [1.29, 1.82) is 0 Å². The van der Waals surface area contributed by atoms with Crippen molar-refractivity contribution < 1.29 is 14.4 Å². The normalized spacial score (nSPS) is 11.1. The van der Waals surface area contributed by atoms with E-state index in [0.717, 1.165) is 36.8 Å². The van der Waals surface area contributed by atoms with Gasteiger partial charge in [-0.3, -0.25) is 14.4 Å². The molecule has 0 aliphatic carbocycles. The van der Waals surface area contributed by atoms with E-state index in [1.165, 1.54) is 17.0 Å². The highest BCUT2D eigenvalue weighted by Crippen LogP contribution is 2.20. The van der Waals surface area contributed by atoms with Gasteiger partial charge in [-0.05, 0) is 43.0 Å². The Morgan fingerprint density at radius 3 is 2.13 bits per heavy atom. The van der Waals surface area contributed by atoms with Crippen LogP contribution in [0.15, 0.2) is 91.1 Å². The predicted octanol–water partition coefficient (Wildman–Crippen LogP) is 5.69. The molecule has 0 saturated heterocycles. The molecule has 200 valence electrons. The Labute approximate surface area is 229 Å². The number of amides is 2. The molecule has 1 aromatic heterocycles. The van der Waals surface area contributed by atoms with Gasteiger partial charge in [-0.25, -0.2) is 0 Å². The van der Waals surface area contributed by atoms with E-state index in [1.54, 1.807) is 30.3 Å². The second-order valence-corrected chi connectivity index (χ2v) is 9.66. The summed E-state index contributed by atoms with van der Waals surface area (Å²) in [7, 11) is 0. The van der Waals surface area contributed by atoms with Crippen LogP contribution in [0.2, 0.25) is 0 Å². The second kappa shape index (κ2) is 13.9. The van der Waals surface area contributed by atoms with Crippen molar-refractivity contribution in [3.8, 4) is 0 Å². The number of hydrogen-bond donors (Lipinski definition) is 2. The van der Waals surface area contributed by atoms with Crippen LogP contribution in [0.25, 0.3) is 17.0 Å². The molecule has 2 N–H and O–H groups in total. The van der Waals surface area contributed by atoms with Gasteiger partial charge in [-0.15, -0.1) is 0 Å². The first-order valence-electron chi connectivity index (χ1n) is 13.5. The van der Waals surface area contributed by atoms with E-state index in [1.807, 2.05) is 59.3 Å². The number of nitrogens with one attached hydrogen (secondary N) is 2. The molecule has 0 aliphatic rings. The van der Waals surface area contributed by atoms with Crippen molar-refractivity contribution in [2.24, 2.45) is 0 Å². The number of carbonyl (C=O) groups excluding carboxylic acids is 3. The van der Waals surface area contributed by atoms with E-state index in [9.17, 15) is 14.4 Å². The van der Waals surface area contributed by atoms with E-state index in [0.29, 0.717) is 30.8 Å². The molecule has 2 amide bonds. The minimum absolute atomic E-state index is 0.0206. The summed E-state index contributed by atoms with van der Waals surface area (Å²) in [5.74, 6) is -0.140. The first kappa shape index (κ1) is 27.6. The number of carbonyl (C=O) groups is 3. The van der Waals surface area contributed by atoms with Crippen LogP contribution in [-0.2, 0) is 16.1 Å². The maximum Gasteiger partial charge on any atom is 0.243 e. The first-order chi connectivity index (χ1) is 19.0. The van der Waals surface area contributed by atoms with Crippen molar-refractivity contribution >= 4 is 34.6 Å². The molecular weight excluding hydrogens is 486 g/mol. The molecular formula is C33H35N3O3. The number of nitrogens with zero attached hydrogens (tertiary/aromatic N) is 1. The van der Waals surface area contributed by atoms with Crippen molar-refractivity contribution in [3.63, 3.8) is 0 Å². The van der Waals surface area contributed by atoms with Gasteiger partial charge in [-0.1, -0.05) is 85.6 Å². The van der Waals surface area contributed by atoms with Crippen molar-refractivity contribution in [3.05, 3.63) is 113 Å². The Morgan fingerprint density at radius 2 is 1.38 bits per heavy atom. The van der Waals surface area contributed by atoms with Crippen LogP contribution in [0.5, 0.6) is 0 Å². The molecule has 6 heteroatoms. The molecule has 0 saturated carbocycles. The van der Waals surface area contributed by atoms with Gasteiger partial charge in [0, 0.05) is 47.4 Å². The van der Waals surface area contributed by atoms with E-state index in [-0.39, 0.29) is 17.6 Å². The van der Waals surface area contributed by atoms with Crippen LogP contribution in [0.3, 0.4) is 0 Å². The van der Waals surface area contributed by atoms with Crippen molar-refractivity contribution in [1.82, 2.24) is 15.2 Å². The number of benzene rings is 3. The Morgan fingerprint density at radius 1 is 0.744 bits per heavy atom. The highest BCUT2D eigenvalue weighted by molar-refractivity contribution is 6.09. The lowest BCUT2D eigenvalue weighted by molar-refractivity contribution is -0.121. The number of aryl methyl sites for hydroxylation is 1. The fourth-order valence-electron chi connectivity index (χ4n) is 4.55. The summed E-state index contributed by atoms with van der Waals surface area (Å²) in [6.07, 6.45) is 9.06. The maximum atomic E-state index is 12.5. The lowest BCUT2D eigenvalue weighted by Gasteiger charge is -2.07. The number of para-hydroxylation sites is 1. The molecule has 39 heavy (non-hydrogen) atoms. The van der Waals surface area contributed by atoms with Gasteiger partial charge >= 0.3 is 0 Å². The number of rotatable bonds is 13. The summed E-state index contributed by atoms with van der Waals surface area (Å²) in [5.41, 5.74) is 4.38. The van der Waals surface area contributed by atoms with Gasteiger partial charge in [0.2, 0.25) is 11.8 Å². The quantitative estimate of drug-likeness (QED) is 0.135. The Bertz CT molecular complexity index is 1440. The summed E-state index contributed by atoms with van der Waals surface area (Å²) < 4.78 is 2.00. The molecule has 3 aromatic carbocycles. The molecule has 0 fully saturated rings. The summed E-state index contributed by atoms with van der Waals surface area (Å²) >= 11 is 0. The minimum atomic E-state index is -0.139. The van der Waals surface area contributed by atoms with Gasteiger partial charge < -0.3 is 15.2 Å². The van der Waals surface area contributed by atoms with Gasteiger partial charge in [0.15, 0.2) is 5.78 Å². The summed E-state index contributed by atoms with van der Waals surface area (Å²) in [4.78, 5) is 37.0. The van der Waals surface area contributed by atoms with Gasteiger partial charge in [0.1, 0.15) is 6.54 Å². The topological polar surface area (TPSA) is 80.2 Å². The average molecular weight is 522 g/mol. The van der Waals surface area contributed by atoms with E-state index >= 15 is 0 Å². The molecule has 4 aromatic rings. The monoisotopic (exact) mass is 521 g/mol. The zero-order valence-corrected chi connectivity index (χ0v) is 22.4. The fourth-order valence-corrected chi connectivity index (χ4v) is 4.55. The molecule has 0 unspecified atom stereocenters. The predicted molar refractivity (Wildman–Crippen MR) is 157 cm³/mol. The maximum absolute atomic E-state index is 12.5. The third-order valence-corrected chi connectivity index (χ3v) is 6.66. The second-order valence-electron chi connectivity index (χ2n) is 9.66. The van der Waals surface area contributed by atoms with Crippen LogP contribution in [0, 0.1) is 6.92 Å². The number of aromatic nitrogens is 1.